The summed E-state index contributed by atoms with van der Waals surface area (Å²) in [5.41, 5.74) is -0.508. The molecule has 150 valence electrons. The number of nitrogens with one attached hydrogen (secondary N) is 1. The van der Waals surface area contributed by atoms with E-state index in [1.165, 1.54) is 6.42 Å². The molecule has 1 saturated carbocycles. The number of amides is 1. The molecule has 1 amide bonds. The highest BCUT2D eigenvalue weighted by Gasteiger charge is 2.33. The van der Waals surface area contributed by atoms with Crippen molar-refractivity contribution in [2.24, 2.45) is 0 Å². The van der Waals surface area contributed by atoms with E-state index in [1.54, 1.807) is 19.1 Å². The van der Waals surface area contributed by atoms with Gasteiger partial charge in [-0.25, -0.2) is 0 Å². The summed E-state index contributed by atoms with van der Waals surface area (Å²) in [5, 5.41) is 14.3. The van der Waals surface area contributed by atoms with Gasteiger partial charge in [0, 0.05) is 25.7 Å². The monoisotopic (exact) mass is 394 g/mol. The number of carbonyl (C=O) groups excluding carboxylic acids is 1. The molecule has 0 aromatic heterocycles. The van der Waals surface area contributed by atoms with E-state index >= 15 is 0 Å². The first-order valence-electron chi connectivity index (χ1n) is 10.1. The van der Waals surface area contributed by atoms with Crippen molar-refractivity contribution in [3.05, 3.63) is 29.3 Å². The average molecular weight is 395 g/mol. The van der Waals surface area contributed by atoms with E-state index in [2.05, 4.69) is 10.2 Å². The second kappa shape index (κ2) is 9.26. The number of halogens is 1. The molecule has 27 heavy (non-hydrogen) atoms. The van der Waals surface area contributed by atoms with Gasteiger partial charge in [-0.1, -0.05) is 43.0 Å². The fourth-order valence-corrected chi connectivity index (χ4v) is 4.30. The van der Waals surface area contributed by atoms with Crippen LogP contribution >= 0.6 is 11.6 Å². The Balaban J connectivity index is 1.42. The fourth-order valence-electron chi connectivity index (χ4n) is 4.12. The van der Waals surface area contributed by atoms with Crippen molar-refractivity contribution < 1.29 is 14.6 Å². The number of ether oxygens (including phenoxy) is 1. The lowest BCUT2D eigenvalue weighted by atomic mass is 9.84. The number of aliphatic hydroxyl groups is 1. The van der Waals surface area contributed by atoms with E-state index < -0.39 is 11.7 Å². The number of carbonyl (C=O) groups is 1. The third-order valence-corrected chi connectivity index (χ3v) is 6.06. The Bertz CT molecular complexity index is 626. The molecule has 1 atom stereocenters. The van der Waals surface area contributed by atoms with Crippen LogP contribution in [-0.2, 0) is 4.79 Å². The van der Waals surface area contributed by atoms with Crippen LogP contribution in [0.4, 0.5) is 0 Å². The molecule has 2 fully saturated rings. The van der Waals surface area contributed by atoms with E-state index in [4.69, 9.17) is 16.3 Å². The van der Waals surface area contributed by atoms with E-state index in [-0.39, 0.29) is 11.9 Å². The molecule has 1 aromatic carbocycles. The largest absolute Gasteiger partial charge is 0.479 e. The SMILES string of the molecule is CC(Oc1ccccc1Cl)C(=O)NC1CCN(CC2(O)CCCCC2)CC1. The molecular weight excluding hydrogens is 364 g/mol. The van der Waals surface area contributed by atoms with E-state index in [0.717, 1.165) is 58.2 Å². The summed E-state index contributed by atoms with van der Waals surface area (Å²) in [4.78, 5) is 14.8. The van der Waals surface area contributed by atoms with Crippen LogP contribution in [0.5, 0.6) is 5.75 Å². The Morgan fingerprint density at radius 2 is 1.96 bits per heavy atom. The summed E-state index contributed by atoms with van der Waals surface area (Å²) in [7, 11) is 0. The van der Waals surface area contributed by atoms with Crippen molar-refractivity contribution in [3.63, 3.8) is 0 Å². The van der Waals surface area contributed by atoms with E-state index in [1.807, 2.05) is 12.1 Å². The topological polar surface area (TPSA) is 61.8 Å². The number of hydrogen-bond acceptors (Lipinski definition) is 4. The summed E-state index contributed by atoms with van der Waals surface area (Å²) in [6, 6.07) is 7.34. The molecule has 5 nitrogen and oxygen atoms in total. The van der Waals surface area contributed by atoms with Crippen molar-refractivity contribution in [2.45, 2.75) is 69.6 Å². The van der Waals surface area contributed by atoms with Gasteiger partial charge in [-0.2, -0.15) is 0 Å². The number of piperidine rings is 1. The predicted molar refractivity (Wildman–Crippen MR) is 107 cm³/mol. The lowest BCUT2D eigenvalue weighted by Crippen LogP contribution is -2.51. The second-order valence-corrected chi connectivity index (χ2v) is 8.44. The molecule has 0 spiro atoms. The molecular formula is C21H31ClN2O3. The van der Waals surface area contributed by atoms with Gasteiger partial charge >= 0.3 is 0 Å². The zero-order valence-electron chi connectivity index (χ0n) is 16.1. The standard InChI is InChI=1S/C21H31ClN2O3/c1-16(27-19-8-4-3-7-18(19)22)20(25)23-17-9-13-24(14-10-17)15-21(26)11-5-2-6-12-21/h3-4,7-8,16-17,26H,2,5-6,9-15H2,1H3,(H,23,25). The minimum absolute atomic E-state index is 0.112. The first-order chi connectivity index (χ1) is 13.0. The smallest absolute Gasteiger partial charge is 0.260 e. The fraction of sp³-hybridized carbons (Fsp3) is 0.667. The van der Waals surface area contributed by atoms with Crippen LogP contribution in [0, 0.1) is 0 Å². The van der Waals surface area contributed by atoms with Gasteiger partial charge in [-0.15, -0.1) is 0 Å². The van der Waals surface area contributed by atoms with Gasteiger partial charge in [0.2, 0.25) is 0 Å². The molecule has 1 aromatic rings. The molecule has 1 unspecified atom stereocenters. The molecule has 0 bridgehead atoms. The first-order valence-corrected chi connectivity index (χ1v) is 10.5. The van der Waals surface area contributed by atoms with E-state index in [9.17, 15) is 9.90 Å². The quantitative estimate of drug-likeness (QED) is 0.776. The summed E-state index contributed by atoms with van der Waals surface area (Å²) in [5.74, 6) is 0.414. The molecule has 2 N–H and O–H groups in total. The van der Waals surface area contributed by atoms with Crippen LogP contribution in [-0.4, -0.2) is 53.3 Å². The molecule has 0 radical (unpaired) electrons. The van der Waals surface area contributed by atoms with Crippen LogP contribution < -0.4 is 10.1 Å². The van der Waals surface area contributed by atoms with E-state index in [0.29, 0.717) is 10.8 Å². The maximum Gasteiger partial charge on any atom is 0.260 e. The molecule has 1 saturated heterocycles. The van der Waals surface area contributed by atoms with Gasteiger partial charge in [-0.05, 0) is 44.7 Å². The van der Waals surface area contributed by atoms with Crippen molar-refractivity contribution in [1.82, 2.24) is 10.2 Å². The number of hydrogen-bond donors (Lipinski definition) is 2. The number of benzene rings is 1. The van der Waals surface area contributed by atoms with Crippen molar-refractivity contribution in [1.29, 1.82) is 0 Å². The number of rotatable bonds is 6. The minimum Gasteiger partial charge on any atom is -0.479 e. The Hall–Kier alpha value is -1.30. The summed E-state index contributed by atoms with van der Waals surface area (Å²) in [6.45, 7) is 4.33. The zero-order chi connectivity index (χ0) is 19.3. The van der Waals surface area contributed by atoms with Crippen LogP contribution in [0.1, 0.15) is 51.9 Å². The summed E-state index contributed by atoms with van der Waals surface area (Å²) < 4.78 is 5.70. The van der Waals surface area contributed by atoms with Gasteiger partial charge < -0.3 is 20.1 Å². The average Bonchev–Trinajstić information content (AvgIpc) is 2.65. The maximum absolute atomic E-state index is 12.4. The second-order valence-electron chi connectivity index (χ2n) is 8.03. The highest BCUT2D eigenvalue weighted by Crippen LogP contribution is 2.29. The Labute approximate surface area is 167 Å². The predicted octanol–water partition coefficient (Wildman–Crippen LogP) is 3.38. The van der Waals surface area contributed by atoms with Gasteiger partial charge in [0.1, 0.15) is 5.75 Å². The lowest BCUT2D eigenvalue weighted by molar-refractivity contribution is -0.128. The molecule has 1 heterocycles. The molecule has 3 rings (SSSR count). The van der Waals surface area contributed by atoms with Crippen LogP contribution in [0.2, 0.25) is 5.02 Å². The van der Waals surface area contributed by atoms with Crippen molar-refractivity contribution in [3.8, 4) is 5.75 Å². The normalized spacial score (nSPS) is 22.2. The van der Waals surface area contributed by atoms with Crippen molar-refractivity contribution in [2.75, 3.05) is 19.6 Å². The molecule has 2 aliphatic rings. The number of β-amino-alcohol motifs (C(OH)–C–C–N with tert-alkyl or cyclic N) is 1. The Kier molecular flexibility index (Phi) is 7.01. The highest BCUT2D eigenvalue weighted by molar-refractivity contribution is 6.32. The number of para-hydroxylation sites is 1. The summed E-state index contributed by atoms with van der Waals surface area (Å²) in [6.07, 6.45) is 6.55. The van der Waals surface area contributed by atoms with Gasteiger partial charge in [0.25, 0.3) is 5.91 Å². The van der Waals surface area contributed by atoms with Crippen LogP contribution in [0.3, 0.4) is 0 Å². The van der Waals surface area contributed by atoms with Gasteiger partial charge in [-0.3, -0.25) is 4.79 Å². The van der Waals surface area contributed by atoms with Crippen LogP contribution in [0.25, 0.3) is 0 Å². The molecule has 6 heteroatoms. The number of nitrogens with zero attached hydrogens (tertiary/aromatic N) is 1. The maximum atomic E-state index is 12.4. The minimum atomic E-state index is -0.592. The lowest BCUT2D eigenvalue weighted by Gasteiger charge is -2.40. The highest BCUT2D eigenvalue weighted by atomic mass is 35.5. The third kappa shape index (κ3) is 5.84. The summed E-state index contributed by atoms with van der Waals surface area (Å²) >= 11 is 6.09. The Morgan fingerprint density at radius 3 is 2.63 bits per heavy atom. The molecule has 1 aliphatic heterocycles. The third-order valence-electron chi connectivity index (χ3n) is 5.75. The number of likely N-dealkylation sites (tertiary alicyclic amines) is 1. The van der Waals surface area contributed by atoms with Crippen molar-refractivity contribution >= 4 is 17.5 Å². The first kappa shape index (κ1) is 20.4. The molecule has 1 aliphatic carbocycles. The van der Waals surface area contributed by atoms with Gasteiger partial charge in [0.15, 0.2) is 6.10 Å². The Morgan fingerprint density at radius 1 is 1.30 bits per heavy atom. The van der Waals surface area contributed by atoms with Gasteiger partial charge in [0.05, 0.1) is 10.6 Å². The zero-order valence-corrected chi connectivity index (χ0v) is 16.9. The van der Waals surface area contributed by atoms with Crippen LogP contribution in [0.15, 0.2) is 24.3 Å².